The number of aliphatic hydroxyl groups excluding tert-OH is 1. The topological polar surface area (TPSA) is 23.5 Å². The summed E-state index contributed by atoms with van der Waals surface area (Å²) in [6, 6.07) is 6.41. The van der Waals surface area contributed by atoms with Gasteiger partial charge in [0.1, 0.15) is 0 Å². The largest absolute Gasteiger partial charge is 0.391 e. The summed E-state index contributed by atoms with van der Waals surface area (Å²) in [4.78, 5) is 2.13. The van der Waals surface area contributed by atoms with Crippen LogP contribution in [-0.2, 0) is 0 Å². The minimum absolute atomic E-state index is 0.0765. The van der Waals surface area contributed by atoms with Crippen molar-refractivity contribution in [2.24, 2.45) is 5.41 Å². The van der Waals surface area contributed by atoms with Crippen LogP contribution in [0, 0.1) is 19.3 Å². The van der Waals surface area contributed by atoms with Crippen molar-refractivity contribution in [1.29, 1.82) is 0 Å². The van der Waals surface area contributed by atoms with Crippen molar-refractivity contribution in [3.8, 4) is 0 Å². The van der Waals surface area contributed by atoms with Gasteiger partial charge in [0.05, 0.1) is 6.10 Å². The summed E-state index contributed by atoms with van der Waals surface area (Å²) in [6.07, 6.45) is -0.326. The van der Waals surface area contributed by atoms with Gasteiger partial charge in [0.25, 0.3) is 0 Å². The lowest BCUT2D eigenvalue weighted by molar-refractivity contribution is 0.0699. The summed E-state index contributed by atoms with van der Waals surface area (Å²) in [7, 11) is 2.03. The molecule has 0 aliphatic rings. The molecule has 0 radical (unpaired) electrons. The lowest BCUT2D eigenvalue weighted by Crippen LogP contribution is -2.37. The van der Waals surface area contributed by atoms with Gasteiger partial charge in [0.2, 0.25) is 0 Å². The molecule has 0 spiro atoms. The number of aryl methyl sites for hydroxylation is 2. The maximum Gasteiger partial charge on any atom is 0.0763 e. The summed E-state index contributed by atoms with van der Waals surface area (Å²) in [5, 5.41) is 10.1. The molecular formula is C15H25NO. The van der Waals surface area contributed by atoms with Crippen LogP contribution < -0.4 is 4.90 Å². The number of nitrogens with zero attached hydrogens (tertiary/aromatic N) is 1. The molecular weight excluding hydrogens is 210 g/mol. The molecule has 2 heteroatoms. The minimum Gasteiger partial charge on any atom is -0.391 e. The maximum absolute atomic E-state index is 10.1. The van der Waals surface area contributed by atoms with Crippen molar-refractivity contribution in [2.45, 2.75) is 40.7 Å². The van der Waals surface area contributed by atoms with Gasteiger partial charge >= 0.3 is 0 Å². The molecule has 0 aliphatic carbocycles. The third-order valence-electron chi connectivity index (χ3n) is 3.21. The second-order valence-corrected chi connectivity index (χ2v) is 6.05. The van der Waals surface area contributed by atoms with E-state index >= 15 is 0 Å². The van der Waals surface area contributed by atoms with Crippen molar-refractivity contribution >= 4 is 5.69 Å². The van der Waals surface area contributed by atoms with Crippen LogP contribution >= 0.6 is 0 Å². The van der Waals surface area contributed by atoms with Gasteiger partial charge in [0, 0.05) is 19.3 Å². The molecule has 0 saturated carbocycles. The highest BCUT2D eigenvalue weighted by Crippen LogP contribution is 2.24. The molecule has 1 N–H and O–H groups in total. The van der Waals surface area contributed by atoms with Gasteiger partial charge in [-0.25, -0.2) is 0 Å². The molecule has 1 aromatic rings. The van der Waals surface area contributed by atoms with E-state index in [1.807, 2.05) is 7.05 Å². The van der Waals surface area contributed by atoms with Crippen molar-refractivity contribution in [3.05, 3.63) is 29.3 Å². The third-order valence-corrected chi connectivity index (χ3v) is 3.21. The van der Waals surface area contributed by atoms with Crippen LogP contribution in [-0.4, -0.2) is 24.8 Å². The molecule has 0 aromatic heterocycles. The molecule has 0 amide bonds. The Bertz CT molecular complexity index is 379. The van der Waals surface area contributed by atoms with Crippen LogP contribution in [0.15, 0.2) is 18.2 Å². The van der Waals surface area contributed by atoms with Crippen molar-refractivity contribution < 1.29 is 5.11 Å². The highest BCUT2D eigenvalue weighted by Gasteiger charge is 2.23. The van der Waals surface area contributed by atoms with E-state index in [1.54, 1.807) is 0 Å². The van der Waals surface area contributed by atoms with E-state index in [9.17, 15) is 5.11 Å². The predicted octanol–water partition coefficient (Wildman–Crippen LogP) is 3.15. The lowest BCUT2D eigenvalue weighted by atomic mass is 9.89. The van der Waals surface area contributed by atoms with E-state index < -0.39 is 0 Å². The average molecular weight is 235 g/mol. The zero-order chi connectivity index (χ0) is 13.2. The summed E-state index contributed by atoms with van der Waals surface area (Å²) < 4.78 is 0. The van der Waals surface area contributed by atoms with Crippen LogP contribution in [0.2, 0.25) is 0 Å². The zero-order valence-corrected chi connectivity index (χ0v) is 11.9. The molecule has 1 atom stereocenters. The van der Waals surface area contributed by atoms with Gasteiger partial charge in [-0.2, -0.15) is 0 Å². The Kier molecular flexibility index (Phi) is 4.21. The molecule has 1 aromatic carbocycles. The Morgan fingerprint density at radius 3 is 2.29 bits per heavy atom. The molecule has 17 heavy (non-hydrogen) atoms. The Morgan fingerprint density at radius 1 is 1.24 bits per heavy atom. The van der Waals surface area contributed by atoms with Gasteiger partial charge in [-0.3, -0.25) is 0 Å². The highest BCUT2D eigenvalue weighted by molar-refractivity contribution is 5.53. The molecule has 1 unspecified atom stereocenters. The average Bonchev–Trinajstić information content (AvgIpc) is 2.15. The number of likely N-dealkylation sites (N-methyl/N-ethyl adjacent to an activating group) is 1. The Labute approximate surface area is 105 Å². The molecule has 2 nitrogen and oxygen atoms in total. The number of hydrogen-bond acceptors (Lipinski definition) is 2. The summed E-state index contributed by atoms with van der Waals surface area (Å²) >= 11 is 0. The maximum atomic E-state index is 10.1. The fourth-order valence-corrected chi connectivity index (χ4v) is 1.87. The van der Waals surface area contributed by atoms with Crippen LogP contribution in [0.4, 0.5) is 5.69 Å². The predicted molar refractivity (Wildman–Crippen MR) is 74.6 cm³/mol. The van der Waals surface area contributed by atoms with Gasteiger partial charge in [0.15, 0.2) is 0 Å². The lowest BCUT2D eigenvalue weighted by Gasteiger charge is -2.31. The van der Waals surface area contributed by atoms with Crippen molar-refractivity contribution in [3.63, 3.8) is 0 Å². The van der Waals surface area contributed by atoms with Crippen LogP contribution in [0.25, 0.3) is 0 Å². The quantitative estimate of drug-likeness (QED) is 0.870. The SMILES string of the molecule is Cc1ccc(N(C)CC(O)C(C)(C)C)c(C)c1. The van der Waals surface area contributed by atoms with E-state index in [0.29, 0.717) is 6.54 Å². The molecule has 96 valence electrons. The molecule has 0 bridgehead atoms. The first-order valence-corrected chi connectivity index (χ1v) is 6.18. The zero-order valence-electron chi connectivity index (χ0n) is 11.9. The normalized spacial score (nSPS) is 13.6. The number of anilines is 1. The third kappa shape index (κ3) is 3.74. The number of hydrogen-bond donors (Lipinski definition) is 1. The fourth-order valence-electron chi connectivity index (χ4n) is 1.87. The van der Waals surface area contributed by atoms with Gasteiger partial charge < -0.3 is 10.0 Å². The smallest absolute Gasteiger partial charge is 0.0763 e. The van der Waals surface area contributed by atoms with E-state index in [4.69, 9.17) is 0 Å². The molecule has 0 heterocycles. The summed E-state index contributed by atoms with van der Waals surface area (Å²) in [5.74, 6) is 0. The number of benzene rings is 1. The fraction of sp³-hybridized carbons (Fsp3) is 0.600. The first-order valence-electron chi connectivity index (χ1n) is 6.18. The van der Waals surface area contributed by atoms with Crippen LogP contribution in [0.3, 0.4) is 0 Å². The van der Waals surface area contributed by atoms with Gasteiger partial charge in [-0.1, -0.05) is 38.5 Å². The molecule has 0 saturated heterocycles. The van der Waals surface area contributed by atoms with Crippen LogP contribution in [0.5, 0.6) is 0 Å². The molecule has 1 rings (SSSR count). The Hall–Kier alpha value is -1.02. The van der Waals surface area contributed by atoms with Gasteiger partial charge in [-0.05, 0) is 30.9 Å². The van der Waals surface area contributed by atoms with E-state index in [1.165, 1.54) is 16.8 Å². The second-order valence-electron chi connectivity index (χ2n) is 6.05. The number of aliphatic hydroxyl groups is 1. The minimum atomic E-state index is -0.326. The first-order chi connectivity index (χ1) is 7.71. The van der Waals surface area contributed by atoms with Crippen molar-refractivity contribution in [1.82, 2.24) is 0 Å². The molecule has 0 aliphatic heterocycles. The van der Waals surface area contributed by atoms with E-state index in [-0.39, 0.29) is 11.5 Å². The highest BCUT2D eigenvalue weighted by atomic mass is 16.3. The monoisotopic (exact) mass is 235 g/mol. The Morgan fingerprint density at radius 2 is 1.82 bits per heavy atom. The molecule has 0 fully saturated rings. The van der Waals surface area contributed by atoms with Crippen LogP contribution in [0.1, 0.15) is 31.9 Å². The summed E-state index contributed by atoms with van der Waals surface area (Å²) in [6.45, 7) is 11.1. The summed E-state index contributed by atoms with van der Waals surface area (Å²) in [5.41, 5.74) is 3.65. The standard InChI is InChI=1S/C15H25NO/c1-11-7-8-13(12(2)9-11)16(6)10-14(17)15(3,4)5/h7-9,14,17H,10H2,1-6H3. The number of rotatable bonds is 3. The van der Waals surface area contributed by atoms with E-state index in [2.05, 4.69) is 57.7 Å². The van der Waals surface area contributed by atoms with E-state index in [0.717, 1.165) is 0 Å². The second kappa shape index (κ2) is 5.09. The van der Waals surface area contributed by atoms with Gasteiger partial charge in [-0.15, -0.1) is 0 Å². The van der Waals surface area contributed by atoms with Crippen molar-refractivity contribution in [2.75, 3.05) is 18.5 Å². The Balaban J connectivity index is 2.80. The first kappa shape index (κ1) is 14.0.